The SMILES string of the molecule is CC.CCC(N)(CC)C(C)(CC)C(C)N. The summed E-state index contributed by atoms with van der Waals surface area (Å²) in [5, 5.41) is 0. The second-order valence-electron chi connectivity index (χ2n) is 4.42. The van der Waals surface area contributed by atoms with Crippen molar-refractivity contribution in [1.29, 1.82) is 0 Å². The van der Waals surface area contributed by atoms with Gasteiger partial charge in [-0.1, -0.05) is 41.5 Å². The van der Waals surface area contributed by atoms with Gasteiger partial charge in [0, 0.05) is 17.0 Å². The molecule has 0 heterocycles. The van der Waals surface area contributed by atoms with Gasteiger partial charge in [0.1, 0.15) is 0 Å². The van der Waals surface area contributed by atoms with Gasteiger partial charge in [-0.2, -0.15) is 0 Å². The highest BCUT2D eigenvalue weighted by atomic mass is 14.8. The molecular formula is C13H32N2. The maximum absolute atomic E-state index is 6.41. The van der Waals surface area contributed by atoms with Crippen LogP contribution in [-0.2, 0) is 0 Å². The molecule has 0 saturated heterocycles. The third kappa shape index (κ3) is 3.46. The average Bonchev–Trinajstić information content (AvgIpc) is 2.29. The normalized spacial score (nSPS) is 17.4. The van der Waals surface area contributed by atoms with Crippen LogP contribution in [0.1, 0.15) is 67.7 Å². The Balaban J connectivity index is 0. The van der Waals surface area contributed by atoms with Crippen molar-refractivity contribution < 1.29 is 0 Å². The molecule has 15 heavy (non-hydrogen) atoms. The minimum absolute atomic E-state index is 0.0521. The van der Waals surface area contributed by atoms with Crippen LogP contribution in [0.2, 0.25) is 0 Å². The van der Waals surface area contributed by atoms with Crippen molar-refractivity contribution in [3.63, 3.8) is 0 Å². The molecule has 0 aliphatic rings. The molecule has 0 rings (SSSR count). The molecule has 0 spiro atoms. The van der Waals surface area contributed by atoms with E-state index in [4.69, 9.17) is 11.5 Å². The molecule has 0 aromatic rings. The minimum atomic E-state index is -0.115. The van der Waals surface area contributed by atoms with Gasteiger partial charge in [0.25, 0.3) is 0 Å². The van der Waals surface area contributed by atoms with E-state index in [0.717, 1.165) is 19.3 Å². The van der Waals surface area contributed by atoms with Gasteiger partial charge >= 0.3 is 0 Å². The van der Waals surface area contributed by atoms with Crippen LogP contribution in [0, 0.1) is 5.41 Å². The van der Waals surface area contributed by atoms with E-state index in [1.807, 2.05) is 13.8 Å². The van der Waals surface area contributed by atoms with Crippen LogP contribution >= 0.6 is 0 Å². The molecule has 0 saturated carbocycles. The molecule has 0 aromatic carbocycles. The highest BCUT2D eigenvalue weighted by Gasteiger charge is 2.43. The Hall–Kier alpha value is -0.0800. The van der Waals surface area contributed by atoms with Gasteiger partial charge in [-0.3, -0.25) is 0 Å². The fraction of sp³-hybridized carbons (Fsp3) is 1.00. The standard InChI is InChI=1S/C11H26N2.C2H6/c1-6-10(5,9(4)12)11(13,7-2)8-3;1-2/h9H,6-8,12-13H2,1-5H3;1-2H3. The molecule has 2 heteroatoms. The number of rotatable bonds is 5. The summed E-state index contributed by atoms with van der Waals surface area (Å²) < 4.78 is 0. The smallest absolute Gasteiger partial charge is 0.0218 e. The predicted molar refractivity (Wildman–Crippen MR) is 70.9 cm³/mol. The van der Waals surface area contributed by atoms with Crippen LogP contribution in [0.15, 0.2) is 0 Å². The summed E-state index contributed by atoms with van der Waals surface area (Å²) in [5.74, 6) is 0. The molecule has 2 atom stereocenters. The molecule has 0 aliphatic heterocycles. The quantitative estimate of drug-likeness (QED) is 0.741. The number of hydrogen-bond donors (Lipinski definition) is 2. The first kappa shape index (κ1) is 17.3. The second kappa shape index (κ2) is 7.24. The molecule has 4 N–H and O–H groups in total. The first-order valence-corrected chi connectivity index (χ1v) is 6.42. The molecular weight excluding hydrogens is 184 g/mol. The number of hydrogen-bond acceptors (Lipinski definition) is 2. The Morgan fingerprint density at radius 3 is 1.40 bits per heavy atom. The van der Waals surface area contributed by atoms with Crippen molar-refractivity contribution in [3.05, 3.63) is 0 Å². The second-order valence-corrected chi connectivity index (χ2v) is 4.42. The van der Waals surface area contributed by atoms with Crippen LogP contribution in [0.3, 0.4) is 0 Å². The zero-order valence-electron chi connectivity index (χ0n) is 11.9. The van der Waals surface area contributed by atoms with Crippen molar-refractivity contribution in [2.75, 3.05) is 0 Å². The van der Waals surface area contributed by atoms with E-state index < -0.39 is 0 Å². The molecule has 0 amide bonds. The van der Waals surface area contributed by atoms with E-state index in [0.29, 0.717) is 0 Å². The molecule has 0 aromatic heterocycles. The highest BCUT2D eigenvalue weighted by Crippen LogP contribution is 2.39. The zero-order valence-corrected chi connectivity index (χ0v) is 11.9. The van der Waals surface area contributed by atoms with Crippen molar-refractivity contribution in [2.45, 2.75) is 79.3 Å². The summed E-state index contributed by atoms with van der Waals surface area (Å²) in [5.41, 5.74) is 12.4. The summed E-state index contributed by atoms with van der Waals surface area (Å²) in [6, 6.07) is 0.155. The van der Waals surface area contributed by atoms with E-state index >= 15 is 0 Å². The van der Waals surface area contributed by atoms with Crippen LogP contribution in [-0.4, -0.2) is 11.6 Å². The molecule has 94 valence electrons. The molecule has 0 radical (unpaired) electrons. The van der Waals surface area contributed by atoms with E-state index in [9.17, 15) is 0 Å². The topological polar surface area (TPSA) is 52.0 Å². The Labute approximate surface area is 96.8 Å². The van der Waals surface area contributed by atoms with Crippen LogP contribution in [0.5, 0.6) is 0 Å². The van der Waals surface area contributed by atoms with Gasteiger partial charge in [-0.15, -0.1) is 0 Å². The largest absolute Gasteiger partial charge is 0.327 e. The third-order valence-electron chi connectivity index (χ3n) is 4.14. The fourth-order valence-corrected chi connectivity index (χ4v) is 2.19. The van der Waals surface area contributed by atoms with Crippen LogP contribution in [0.4, 0.5) is 0 Å². The lowest BCUT2D eigenvalue weighted by Crippen LogP contribution is -2.59. The van der Waals surface area contributed by atoms with Crippen molar-refractivity contribution in [2.24, 2.45) is 16.9 Å². The maximum Gasteiger partial charge on any atom is 0.0218 e. The highest BCUT2D eigenvalue weighted by molar-refractivity contribution is 5.01. The first-order chi connectivity index (χ1) is 6.88. The number of nitrogens with two attached hydrogens (primary N) is 2. The zero-order chi connectivity index (χ0) is 12.7. The van der Waals surface area contributed by atoms with Gasteiger partial charge in [0.15, 0.2) is 0 Å². The van der Waals surface area contributed by atoms with E-state index in [2.05, 4.69) is 34.6 Å². The van der Waals surface area contributed by atoms with E-state index in [-0.39, 0.29) is 17.0 Å². The van der Waals surface area contributed by atoms with Gasteiger partial charge < -0.3 is 11.5 Å². The summed E-state index contributed by atoms with van der Waals surface area (Å²) in [4.78, 5) is 0. The molecule has 0 fully saturated rings. The maximum atomic E-state index is 6.41. The molecule has 2 nitrogen and oxygen atoms in total. The summed E-state index contributed by atoms with van der Waals surface area (Å²) in [6.45, 7) is 14.8. The van der Waals surface area contributed by atoms with E-state index in [1.54, 1.807) is 0 Å². The minimum Gasteiger partial charge on any atom is -0.327 e. The van der Waals surface area contributed by atoms with Crippen molar-refractivity contribution >= 4 is 0 Å². The lowest BCUT2D eigenvalue weighted by atomic mass is 9.63. The third-order valence-corrected chi connectivity index (χ3v) is 4.14. The predicted octanol–water partition coefficient (Wildman–Crippen LogP) is 3.29. The molecule has 0 aliphatic carbocycles. The lowest BCUT2D eigenvalue weighted by Gasteiger charge is -2.48. The Kier molecular flexibility index (Phi) is 8.35. The monoisotopic (exact) mass is 216 g/mol. The first-order valence-electron chi connectivity index (χ1n) is 6.42. The summed E-state index contributed by atoms with van der Waals surface area (Å²) in [7, 11) is 0. The Morgan fingerprint density at radius 2 is 1.33 bits per heavy atom. The van der Waals surface area contributed by atoms with Crippen LogP contribution < -0.4 is 11.5 Å². The summed E-state index contributed by atoms with van der Waals surface area (Å²) >= 11 is 0. The average molecular weight is 216 g/mol. The van der Waals surface area contributed by atoms with Crippen LogP contribution in [0.25, 0.3) is 0 Å². The van der Waals surface area contributed by atoms with Gasteiger partial charge in [0.2, 0.25) is 0 Å². The Morgan fingerprint density at radius 1 is 1.00 bits per heavy atom. The van der Waals surface area contributed by atoms with Crippen molar-refractivity contribution in [3.8, 4) is 0 Å². The summed E-state index contributed by atoms with van der Waals surface area (Å²) in [6.07, 6.45) is 3.04. The van der Waals surface area contributed by atoms with Gasteiger partial charge in [-0.25, -0.2) is 0 Å². The van der Waals surface area contributed by atoms with E-state index in [1.165, 1.54) is 0 Å². The van der Waals surface area contributed by atoms with Crippen molar-refractivity contribution in [1.82, 2.24) is 0 Å². The fourth-order valence-electron chi connectivity index (χ4n) is 2.19. The van der Waals surface area contributed by atoms with Gasteiger partial charge in [0.05, 0.1) is 0 Å². The molecule has 0 bridgehead atoms. The van der Waals surface area contributed by atoms with Gasteiger partial charge in [-0.05, 0) is 26.2 Å². The Bertz CT molecular complexity index is 151. The molecule has 2 unspecified atom stereocenters. The lowest BCUT2D eigenvalue weighted by molar-refractivity contribution is 0.0960.